The van der Waals surface area contributed by atoms with Gasteiger partial charge in [-0.1, -0.05) is 12.1 Å². The van der Waals surface area contributed by atoms with Crippen LogP contribution >= 0.6 is 12.2 Å². The van der Waals surface area contributed by atoms with Crippen molar-refractivity contribution in [1.29, 1.82) is 0 Å². The van der Waals surface area contributed by atoms with Crippen LogP contribution in [0.5, 0.6) is 11.5 Å². The SMILES string of the molecule is COc1ccc(-c2cc(-c3ccco3)c3c(=O)n(-c4ccccc4OC)c(=S)[nH]c3n2)cc1. The number of nitrogens with zero attached hydrogens (tertiary/aromatic N) is 2. The third kappa shape index (κ3) is 3.60. The summed E-state index contributed by atoms with van der Waals surface area (Å²) in [5, 5.41) is 0.363. The third-order valence-electron chi connectivity index (χ3n) is 5.36. The lowest BCUT2D eigenvalue weighted by Gasteiger charge is -2.14. The number of fused-ring (bicyclic) bond motifs is 1. The lowest BCUT2D eigenvalue weighted by atomic mass is 10.0. The molecular formula is C25H19N3O4S. The van der Waals surface area contributed by atoms with Crippen LogP contribution in [-0.2, 0) is 0 Å². The molecule has 0 aliphatic heterocycles. The van der Waals surface area contributed by atoms with E-state index in [1.807, 2.05) is 42.5 Å². The van der Waals surface area contributed by atoms with Crippen LogP contribution in [0.15, 0.2) is 82.2 Å². The van der Waals surface area contributed by atoms with Gasteiger partial charge in [-0.2, -0.15) is 0 Å². The van der Waals surface area contributed by atoms with Crippen LogP contribution in [0.25, 0.3) is 39.3 Å². The number of furan rings is 1. The molecule has 0 radical (unpaired) electrons. The van der Waals surface area contributed by atoms with Gasteiger partial charge in [0.05, 0.1) is 37.3 Å². The zero-order chi connectivity index (χ0) is 22.9. The van der Waals surface area contributed by atoms with Gasteiger partial charge in [-0.25, -0.2) is 9.55 Å². The highest BCUT2D eigenvalue weighted by Gasteiger charge is 2.19. The van der Waals surface area contributed by atoms with E-state index in [0.29, 0.717) is 39.5 Å². The number of methoxy groups -OCH3 is 2. The second-order valence-corrected chi connectivity index (χ2v) is 7.61. The van der Waals surface area contributed by atoms with Crippen molar-refractivity contribution in [2.75, 3.05) is 14.2 Å². The number of aromatic nitrogens is 3. The number of aromatic amines is 1. The molecule has 0 fully saturated rings. The van der Waals surface area contributed by atoms with Crippen molar-refractivity contribution in [3.8, 4) is 39.8 Å². The zero-order valence-electron chi connectivity index (χ0n) is 17.9. The Balaban J connectivity index is 1.83. The van der Waals surface area contributed by atoms with Crippen LogP contribution in [0.2, 0.25) is 0 Å². The molecule has 0 saturated heterocycles. The highest BCUT2D eigenvalue weighted by molar-refractivity contribution is 7.71. The highest BCUT2D eigenvalue weighted by Crippen LogP contribution is 2.31. The fourth-order valence-electron chi connectivity index (χ4n) is 3.78. The van der Waals surface area contributed by atoms with E-state index < -0.39 is 0 Å². The molecule has 0 bridgehead atoms. The molecule has 0 spiro atoms. The number of rotatable bonds is 5. The standard InChI is InChI=1S/C25H19N3O4S/c1-30-16-11-9-15(10-12-16)18-14-17(20-8-5-13-32-20)22-23(26-18)27-25(33)28(24(22)29)19-6-3-4-7-21(19)31-2/h3-14H,1-2H3,(H,26,27,33). The Morgan fingerprint density at radius 3 is 2.48 bits per heavy atom. The van der Waals surface area contributed by atoms with Crippen molar-refractivity contribution in [3.05, 3.63) is 88.1 Å². The summed E-state index contributed by atoms with van der Waals surface area (Å²) in [6.45, 7) is 0. The summed E-state index contributed by atoms with van der Waals surface area (Å²) in [5.74, 6) is 1.82. The Labute approximate surface area is 193 Å². The van der Waals surface area contributed by atoms with Crippen LogP contribution < -0.4 is 15.0 Å². The second kappa shape index (κ2) is 8.40. The number of hydrogen-bond donors (Lipinski definition) is 1. The van der Waals surface area contributed by atoms with Crippen LogP contribution in [0.1, 0.15) is 0 Å². The van der Waals surface area contributed by atoms with E-state index in [-0.39, 0.29) is 10.3 Å². The lowest BCUT2D eigenvalue weighted by Crippen LogP contribution is -2.22. The van der Waals surface area contributed by atoms with Crippen LogP contribution in [0, 0.1) is 4.77 Å². The predicted octanol–water partition coefficient (Wildman–Crippen LogP) is 5.39. The Morgan fingerprint density at radius 2 is 1.79 bits per heavy atom. The average Bonchev–Trinajstić information content (AvgIpc) is 3.38. The van der Waals surface area contributed by atoms with Crippen molar-refractivity contribution >= 4 is 23.3 Å². The molecule has 8 heteroatoms. The molecule has 0 atom stereocenters. The molecule has 0 aliphatic carbocycles. The van der Waals surface area contributed by atoms with Crippen molar-refractivity contribution in [3.63, 3.8) is 0 Å². The van der Waals surface area contributed by atoms with E-state index in [1.54, 1.807) is 44.7 Å². The first-order valence-corrected chi connectivity index (χ1v) is 10.5. The van der Waals surface area contributed by atoms with E-state index in [2.05, 4.69) is 4.98 Å². The summed E-state index contributed by atoms with van der Waals surface area (Å²) < 4.78 is 18.0. The summed E-state index contributed by atoms with van der Waals surface area (Å²) >= 11 is 5.56. The molecule has 0 amide bonds. The first kappa shape index (κ1) is 20.7. The molecule has 1 N–H and O–H groups in total. The molecule has 7 nitrogen and oxygen atoms in total. The fourth-order valence-corrected chi connectivity index (χ4v) is 4.06. The number of nitrogens with one attached hydrogen (secondary N) is 1. The minimum atomic E-state index is -0.321. The summed E-state index contributed by atoms with van der Waals surface area (Å²) in [5.41, 5.74) is 2.72. The van der Waals surface area contributed by atoms with Crippen LogP contribution in [-0.4, -0.2) is 28.8 Å². The normalized spacial score (nSPS) is 11.0. The summed E-state index contributed by atoms with van der Waals surface area (Å²) in [7, 11) is 3.17. The van der Waals surface area contributed by atoms with Gasteiger partial charge in [-0.3, -0.25) is 4.79 Å². The van der Waals surface area contributed by atoms with Gasteiger partial charge in [-0.05, 0) is 66.8 Å². The minimum Gasteiger partial charge on any atom is -0.497 e. The maximum absolute atomic E-state index is 13.8. The molecule has 2 aromatic carbocycles. The quantitative estimate of drug-likeness (QED) is 0.357. The smallest absolute Gasteiger partial charge is 0.269 e. The zero-order valence-corrected chi connectivity index (χ0v) is 18.7. The monoisotopic (exact) mass is 457 g/mol. The molecule has 3 aromatic heterocycles. The van der Waals surface area contributed by atoms with E-state index in [4.69, 9.17) is 31.1 Å². The third-order valence-corrected chi connectivity index (χ3v) is 5.65. The Hall–Kier alpha value is -4.17. The lowest BCUT2D eigenvalue weighted by molar-refractivity contribution is 0.412. The van der Waals surface area contributed by atoms with Crippen molar-refractivity contribution < 1.29 is 13.9 Å². The van der Waals surface area contributed by atoms with Gasteiger partial charge in [0.1, 0.15) is 22.9 Å². The summed E-state index contributed by atoms with van der Waals surface area (Å²) in [6, 6.07) is 20.2. The molecule has 33 heavy (non-hydrogen) atoms. The number of benzene rings is 2. The molecule has 0 unspecified atom stereocenters. The Morgan fingerprint density at radius 1 is 1.00 bits per heavy atom. The minimum absolute atomic E-state index is 0.210. The predicted molar refractivity (Wildman–Crippen MR) is 129 cm³/mol. The average molecular weight is 458 g/mol. The molecule has 0 aliphatic rings. The second-order valence-electron chi connectivity index (χ2n) is 7.23. The largest absolute Gasteiger partial charge is 0.497 e. The topological polar surface area (TPSA) is 82.3 Å². The van der Waals surface area contributed by atoms with E-state index >= 15 is 0 Å². The van der Waals surface area contributed by atoms with Gasteiger partial charge >= 0.3 is 0 Å². The molecule has 5 aromatic rings. The van der Waals surface area contributed by atoms with Crippen molar-refractivity contribution in [1.82, 2.24) is 14.5 Å². The molecule has 5 rings (SSSR count). The highest BCUT2D eigenvalue weighted by atomic mass is 32.1. The van der Waals surface area contributed by atoms with Crippen LogP contribution in [0.3, 0.4) is 0 Å². The van der Waals surface area contributed by atoms with Gasteiger partial charge in [0.2, 0.25) is 0 Å². The molecule has 3 heterocycles. The number of H-pyrrole nitrogens is 1. The van der Waals surface area contributed by atoms with Gasteiger partial charge in [0.25, 0.3) is 5.56 Å². The van der Waals surface area contributed by atoms with Crippen molar-refractivity contribution in [2.45, 2.75) is 0 Å². The number of pyridine rings is 1. The van der Waals surface area contributed by atoms with Gasteiger partial charge < -0.3 is 18.9 Å². The Bertz CT molecular complexity index is 1570. The van der Waals surface area contributed by atoms with Gasteiger partial charge in [0, 0.05) is 11.1 Å². The summed E-state index contributed by atoms with van der Waals surface area (Å²) in [6.07, 6.45) is 1.57. The number of hydrogen-bond acceptors (Lipinski definition) is 6. The van der Waals surface area contributed by atoms with Gasteiger partial charge in [-0.15, -0.1) is 0 Å². The van der Waals surface area contributed by atoms with Gasteiger partial charge in [0.15, 0.2) is 4.77 Å². The van der Waals surface area contributed by atoms with Crippen molar-refractivity contribution in [2.24, 2.45) is 0 Å². The number of para-hydroxylation sites is 2. The number of ether oxygens (including phenoxy) is 2. The van der Waals surface area contributed by atoms with E-state index in [1.165, 1.54) is 4.57 Å². The molecular weight excluding hydrogens is 438 g/mol. The first-order valence-electron chi connectivity index (χ1n) is 10.1. The first-order chi connectivity index (χ1) is 16.1. The van der Waals surface area contributed by atoms with Crippen LogP contribution in [0.4, 0.5) is 0 Å². The van der Waals surface area contributed by atoms with E-state index in [0.717, 1.165) is 11.3 Å². The Kier molecular flexibility index (Phi) is 5.27. The maximum Gasteiger partial charge on any atom is 0.269 e. The maximum atomic E-state index is 13.8. The molecule has 0 saturated carbocycles. The summed E-state index contributed by atoms with van der Waals surface area (Å²) in [4.78, 5) is 21.6. The fraction of sp³-hybridized carbons (Fsp3) is 0.0800. The molecule has 164 valence electrons. The van der Waals surface area contributed by atoms with E-state index in [9.17, 15) is 4.79 Å².